The second-order valence-electron chi connectivity index (χ2n) is 3.44. The minimum absolute atomic E-state index is 0.216. The zero-order valence-corrected chi connectivity index (χ0v) is 10.6. The largest absolute Gasteiger partial charge is 0.480 e. The molecule has 0 aromatic rings. The molecule has 0 heterocycles. The van der Waals surface area contributed by atoms with Crippen LogP contribution in [0.1, 0.15) is 6.42 Å². The molecule has 5 nitrogen and oxygen atoms in total. The lowest BCUT2D eigenvalue weighted by atomic mass is 10.4. The summed E-state index contributed by atoms with van der Waals surface area (Å²) in [6, 6.07) is -1.02. The van der Waals surface area contributed by atoms with Crippen LogP contribution in [0.25, 0.3) is 0 Å². The second-order valence-corrected chi connectivity index (χ2v) is 4.43. The quantitative estimate of drug-likeness (QED) is 0.695. The van der Waals surface area contributed by atoms with Gasteiger partial charge < -0.3 is 15.3 Å². The Kier molecular flexibility index (Phi) is 7.56. The van der Waals surface area contributed by atoms with Crippen LogP contribution < -0.4 is 5.32 Å². The number of hydrogen-bond acceptors (Lipinski definition) is 3. The van der Waals surface area contributed by atoms with Crippen LogP contribution in [0.2, 0.25) is 0 Å². The van der Waals surface area contributed by atoms with Gasteiger partial charge in [0.2, 0.25) is 0 Å². The summed E-state index contributed by atoms with van der Waals surface area (Å²) in [6.07, 6.45) is -2.14. The summed E-state index contributed by atoms with van der Waals surface area (Å²) < 4.78 is 36.4. The van der Waals surface area contributed by atoms with E-state index in [0.717, 1.165) is 5.75 Å². The fourth-order valence-corrected chi connectivity index (χ4v) is 1.54. The SMILES string of the molecule is CSCCCNC(=O)N(CC(=O)O)CC(F)(F)F. The maximum absolute atomic E-state index is 12.1. The molecule has 0 bridgehead atoms. The van der Waals surface area contributed by atoms with Crippen molar-refractivity contribution < 1.29 is 27.9 Å². The van der Waals surface area contributed by atoms with E-state index in [1.54, 1.807) is 11.8 Å². The van der Waals surface area contributed by atoms with Gasteiger partial charge in [0.15, 0.2) is 0 Å². The Morgan fingerprint density at radius 3 is 2.44 bits per heavy atom. The normalized spacial score (nSPS) is 11.1. The third kappa shape index (κ3) is 8.97. The van der Waals surface area contributed by atoms with Gasteiger partial charge in [-0.15, -0.1) is 0 Å². The van der Waals surface area contributed by atoms with Crippen LogP contribution in [0.5, 0.6) is 0 Å². The Hall–Kier alpha value is -1.12. The minimum atomic E-state index is -4.62. The van der Waals surface area contributed by atoms with Crippen molar-refractivity contribution in [1.29, 1.82) is 0 Å². The molecular formula is C9H15F3N2O3S. The smallest absolute Gasteiger partial charge is 0.406 e. The predicted molar refractivity (Wildman–Crippen MR) is 61.7 cm³/mol. The summed E-state index contributed by atoms with van der Waals surface area (Å²) in [7, 11) is 0. The van der Waals surface area contributed by atoms with E-state index in [-0.39, 0.29) is 11.4 Å². The summed E-state index contributed by atoms with van der Waals surface area (Å²) in [5.74, 6) is -0.725. The lowest BCUT2D eigenvalue weighted by Crippen LogP contribution is -2.47. The van der Waals surface area contributed by atoms with Gasteiger partial charge in [-0.3, -0.25) is 4.79 Å². The number of carboxylic acid groups (broad SMARTS) is 1. The molecule has 0 spiro atoms. The number of carbonyl (C=O) groups is 2. The molecule has 106 valence electrons. The van der Waals surface area contributed by atoms with Crippen molar-refractivity contribution in [2.75, 3.05) is 31.6 Å². The molecule has 0 rings (SSSR count). The van der Waals surface area contributed by atoms with Crippen LogP contribution in [0.3, 0.4) is 0 Å². The van der Waals surface area contributed by atoms with Crippen LogP contribution in [0.4, 0.5) is 18.0 Å². The minimum Gasteiger partial charge on any atom is -0.480 e. The number of carboxylic acids is 1. The molecule has 0 radical (unpaired) electrons. The predicted octanol–water partition coefficient (Wildman–Crippen LogP) is 1.40. The molecule has 2 amide bonds. The van der Waals surface area contributed by atoms with E-state index in [0.29, 0.717) is 6.42 Å². The van der Waals surface area contributed by atoms with E-state index in [1.807, 2.05) is 6.26 Å². The van der Waals surface area contributed by atoms with E-state index in [9.17, 15) is 22.8 Å². The molecule has 0 aliphatic carbocycles. The molecular weight excluding hydrogens is 273 g/mol. The molecule has 0 saturated heterocycles. The van der Waals surface area contributed by atoms with Crippen molar-refractivity contribution in [3.63, 3.8) is 0 Å². The highest BCUT2D eigenvalue weighted by Crippen LogP contribution is 2.16. The van der Waals surface area contributed by atoms with Crippen LogP contribution in [-0.2, 0) is 4.79 Å². The Morgan fingerprint density at radius 1 is 1.39 bits per heavy atom. The molecule has 0 aromatic heterocycles. The Bertz CT molecular complexity index is 287. The first-order valence-corrected chi connectivity index (χ1v) is 6.46. The number of urea groups is 1. The van der Waals surface area contributed by atoms with Crippen molar-refractivity contribution in [3.8, 4) is 0 Å². The summed E-state index contributed by atoms with van der Waals surface area (Å²) in [5.41, 5.74) is 0. The lowest BCUT2D eigenvalue weighted by molar-refractivity contribution is -0.148. The van der Waals surface area contributed by atoms with E-state index in [1.165, 1.54) is 0 Å². The van der Waals surface area contributed by atoms with Crippen molar-refractivity contribution in [2.24, 2.45) is 0 Å². The van der Waals surface area contributed by atoms with Gasteiger partial charge in [-0.25, -0.2) is 4.79 Å². The van der Waals surface area contributed by atoms with Crippen LogP contribution in [0.15, 0.2) is 0 Å². The first-order valence-electron chi connectivity index (χ1n) is 5.06. The highest BCUT2D eigenvalue weighted by atomic mass is 32.2. The molecule has 0 unspecified atom stereocenters. The third-order valence-electron chi connectivity index (χ3n) is 1.78. The molecule has 0 aliphatic rings. The third-order valence-corrected chi connectivity index (χ3v) is 2.48. The standard InChI is InChI=1S/C9H15F3N2O3S/c1-18-4-2-3-13-8(17)14(5-7(15)16)6-9(10,11)12/h2-6H2,1H3,(H,13,17)(H,15,16). The van der Waals surface area contributed by atoms with E-state index in [2.05, 4.69) is 5.32 Å². The summed E-state index contributed by atoms with van der Waals surface area (Å²) in [6.45, 7) is -2.34. The van der Waals surface area contributed by atoms with Gasteiger partial charge >= 0.3 is 18.2 Å². The average Bonchev–Trinajstić information content (AvgIpc) is 2.20. The van der Waals surface area contributed by atoms with Crippen LogP contribution >= 0.6 is 11.8 Å². The van der Waals surface area contributed by atoms with Crippen molar-refractivity contribution in [3.05, 3.63) is 0 Å². The number of nitrogens with zero attached hydrogens (tertiary/aromatic N) is 1. The maximum atomic E-state index is 12.1. The Morgan fingerprint density at radius 2 is 2.00 bits per heavy atom. The van der Waals surface area contributed by atoms with Gasteiger partial charge in [-0.05, 0) is 18.4 Å². The average molecular weight is 288 g/mol. The highest BCUT2D eigenvalue weighted by molar-refractivity contribution is 7.98. The number of thioether (sulfide) groups is 1. The first kappa shape index (κ1) is 16.9. The maximum Gasteiger partial charge on any atom is 0.406 e. The first-order chi connectivity index (χ1) is 8.26. The van der Waals surface area contributed by atoms with Gasteiger partial charge in [0.1, 0.15) is 13.1 Å². The van der Waals surface area contributed by atoms with Gasteiger partial charge in [-0.1, -0.05) is 0 Å². The molecule has 0 aromatic carbocycles. The van der Waals surface area contributed by atoms with E-state index >= 15 is 0 Å². The van der Waals surface area contributed by atoms with Gasteiger partial charge in [0, 0.05) is 6.54 Å². The number of carbonyl (C=O) groups excluding carboxylic acids is 1. The molecule has 2 N–H and O–H groups in total. The van der Waals surface area contributed by atoms with E-state index in [4.69, 9.17) is 5.11 Å². The molecule has 9 heteroatoms. The van der Waals surface area contributed by atoms with Gasteiger partial charge in [0.05, 0.1) is 0 Å². The fraction of sp³-hybridized carbons (Fsp3) is 0.778. The molecule has 0 atom stereocenters. The number of hydrogen-bond donors (Lipinski definition) is 2. The monoisotopic (exact) mass is 288 g/mol. The topological polar surface area (TPSA) is 69.6 Å². The van der Waals surface area contributed by atoms with Crippen molar-refractivity contribution in [1.82, 2.24) is 10.2 Å². The number of aliphatic carboxylic acids is 1. The summed E-state index contributed by atoms with van der Waals surface area (Å²) in [5, 5.41) is 10.7. The molecule has 0 saturated carbocycles. The lowest BCUT2D eigenvalue weighted by Gasteiger charge is -2.22. The van der Waals surface area contributed by atoms with Gasteiger partial charge in [-0.2, -0.15) is 24.9 Å². The van der Waals surface area contributed by atoms with E-state index < -0.39 is 31.3 Å². The Balaban J connectivity index is 4.27. The molecule has 18 heavy (non-hydrogen) atoms. The van der Waals surface area contributed by atoms with Crippen LogP contribution in [-0.4, -0.2) is 59.8 Å². The van der Waals surface area contributed by atoms with Gasteiger partial charge in [0.25, 0.3) is 0 Å². The van der Waals surface area contributed by atoms with Crippen molar-refractivity contribution in [2.45, 2.75) is 12.6 Å². The number of alkyl halides is 3. The Labute approximate surface area is 107 Å². The fourth-order valence-electron chi connectivity index (χ4n) is 1.10. The molecule has 0 fully saturated rings. The highest BCUT2D eigenvalue weighted by Gasteiger charge is 2.33. The van der Waals surface area contributed by atoms with Crippen molar-refractivity contribution >= 4 is 23.8 Å². The summed E-state index contributed by atoms with van der Waals surface area (Å²) >= 11 is 1.54. The second kappa shape index (κ2) is 8.06. The number of nitrogens with one attached hydrogen (secondary N) is 1. The number of halogens is 3. The zero-order valence-electron chi connectivity index (χ0n) is 9.79. The molecule has 0 aliphatic heterocycles. The summed E-state index contributed by atoms with van der Waals surface area (Å²) in [4.78, 5) is 22.0. The zero-order chi connectivity index (χ0) is 14.2. The number of rotatable bonds is 7. The number of amides is 2. The van der Waals surface area contributed by atoms with Crippen LogP contribution in [0, 0.1) is 0 Å².